The Kier molecular flexibility index (Phi) is 7.07. The molecule has 2 aliphatic rings. The monoisotopic (exact) mass is 472 g/mol. The molecule has 1 amide bonds. The van der Waals surface area contributed by atoms with Gasteiger partial charge in [0.05, 0.1) is 22.0 Å². The number of esters is 1. The molecule has 11 heteroatoms. The fourth-order valence-electron chi connectivity index (χ4n) is 3.97. The Morgan fingerprint density at radius 1 is 1.19 bits per heavy atom. The van der Waals surface area contributed by atoms with Crippen molar-refractivity contribution in [2.75, 3.05) is 31.1 Å². The Morgan fingerprint density at radius 3 is 2.32 bits per heavy atom. The highest BCUT2D eigenvalue weighted by Crippen LogP contribution is 2.22. The lowest BCUT2D eigenvalue weighted by molar-refractivity contribution is -0.141. The third-order valence-corrected chi connectivity index (χ3v) is 9.36. The third kappa shape index (κ3) is 5.27. The van der Waals surface area contributed by atoms with Gasteiger partial charge in [-0.2, -0.15) is 4.31 Å². The molecule has 0 saturated carbocycles. The van der Waals surface area contributed by atoms with E-state index >= 15 is 0 Å². The van der Waals surface area contributed by atoms with Crippen LogP contribution in [0.2, 0.25) is 0 Å². The lowest BCUT2D eigenvalue weighted by atomic mass is 10.2. The first-order valence-corrected chi connectivity index (χ1v) is 13.6. The summed E-state index contributed by atoms with van der Waals surface area (Å²) < 4.78 is 55.3. The number of hydrogen-bond donors (Lipinski definition) is 0. The molecule has 0 bridgehead atoms. The van der Waals surface area contributed by atoms with Crippen LogP contribution in [0, 0.1) is 0 Å². The first-order valence-electron chi connectivity index (χ1n) is 10.4. The van der Waals surface area contributed by atoms with Crippen molar-refractivity contribution >= 4 is 31.7 Å². The Labute approximate surface area is 183 Å². The molecule has 0 unspecified atom stereocenters. The molecular weight excluding hydrogens is 444 g/mol. The van der Waals surface area contributed by atoms with Gasteiger partial charge in [0.2, 0.25) is 10.0 Å². The molecule has 3 rings (SSSR count). The lowest BCUT2D eigenvalue weighted by Gasteiger charge is -2.29. The highest BCUT2D eigenvalue weighted by atomic mass is 32.2. The molecule has 0 aliphatic carbocycles. The second-order valence-electron chi connectivity index (χ2n) is 7.86. The topological polar surface area (TPSA) is 118 Å². The average molecular weight is 473 g/mol. The molecular formula is C20H28N2O7S2. The zero-order valence-corrected chi connectivity index (χ0v) is 19.3. The normalized spacial score (nSPS) is 22.2. The highest BCUT2D eigenvalue weighted by Gasteiger charge is 2.36. The number of hydrogen-bond acceptors (Lipinski definition) is 7. The van der Waals surface area contributed by atoms with E-state index in [4.69, 9.17) is 4.74 Å². The first kappa shape index (κ1) is 23.7. The number of nitrogens with zero attached hydrogens (tertiary/aromatic N) is 2. The largest absolute Gasteiger partial charge is 0.449 e. The van der Waals surface area contributed by atoms with E-state index in [-0.39, 0.29) is 22.0 Å². The molecule has 0 N–H and O–H groups in total. The van der Waals surface area contributed by atoms with Crippen molar-refractivity contribution in [3.63, 3.8) is 0 Å². The molecule has 2 aliphatic heterocycles. The maximum atomic E-state index is 12.7. The van der Waals surface area contributed by atoms with Gasteiger partial charge in [-0.1, -0.05) is 0 Å². The van der Waals surface area contributed by atoms with Crippen LogP contribution in [0.5, 0.6) is 0 Å². The molecule has 1 aromatic carbocycles. The van der Waals surface area contributed by atoms with Gasteiger partial charge in [-0.3, -0.25) is 4.79 Å². The fourth-order valence-corrected chi connectivity index (χ4v) is 7.22. The molecule has 0 aromatic heterocycles. The van der Waals surface area contributed by atoms with Crippen molar-refractivity contribution in [1.82, 2.24) is 9.21 Å². The van der Waals surface area contributed by atoms with Gasteiger partial charge in [-0.15, -0.1) is 0 Å². The van der Waals surface area contributed by atoms with Crippen LogP contribution in [0.1, 0.15) is 43.5 Å². The van der Waals surface area contributed by atoms with E-state index in [0.717, 1.165) is 12.8 Å². The summed E-state index contributed by atoms with van der Waals surface area (Å²) in [5.74, 6) is -1.24. The Hall–Kier alpha value is -1.98. The number of carbonyl (C=O) groups excluding carboxylic acids is 2. The van der Waals surface area contributed by atoms with Crippen LogP contribution in [0.15, 0.2) is 29.2 Å². The van der Waals surface area contributed by atoms with E-state index in [1.54, 1.807) is 6.92 Å². The molecule has 2 atom stereocenters. The number of amides is 1. The quantitative estimate of drug-likeness (QED) is 0.544. The smallest absolute Gasteiger partial charge is 0.338 e. The van der Waals surface area contributed by atoms with Crippen LogP contribution in [0.3, 0.4) is 0 Å². The molecule has 2 fully saturated rings. The molecule has 0 radical (unpaired) electrons. The number of ether oxygens (including phenoxy) is 1. The summed E-state index contributed by atoms with van der Waals surface area (Å²) in [6, 6.07) is 5.03. The number of benzene rings is 1. The molecule has 31 heavy (non-hydrogen) atoms. The Morgan fingerprint density at radius 2 is 1.81 bits per heavy atom. The maximum absolute atomic E-state index is 12.7. The van der Waals surface area contributed by atoms with Gasteiger partial charge in [0, 0.05) is 25.7 Å². The number of likely N-dealkylation sites (N-methyl/N-ethyl adjacent to an activating group) is 1. The zero-order chi connectivity index (χ0) is 22.8. The zero-order valence-electron chi connectivity index (χ0n) is 17.7. The fraction of sp³-hybridized carbons (Fsp3) is 0.600. The van der Waals surface area contributed by atoms with Crippen molar-refractivity contribution < 1.29 is 31.2 Å². The highest BCUT2D eigenvalue weighted by molar-refractivity contribution is 7.91. The van der Waals surface area contributed by atoms with E-state index < -0.39 is 43.9 Å². The van der Waals surface area contributed by atoms with Gasteiger partial charge in [-0.25, -0.2) is 21.6 Å². The van der Waals surface area contributed by atoms with E-state index in [0.29, 0.717) is 26.1 Å². The summed E-state index contributed by atoms with van der Waals surface area (Å²) in [6.07, 6.45) is 0.938. The van der Waals surface area contributed by atoms with Crippen LogP contribution in [0.4, 0.5) is 0 Å². The first-order chi connectivity index (χ1) is 14.5. The summed E-state index contributed by atoms with van der Waals surface area (Å²) in [7, 11) is -6.73. The summed E-state index contributed by atoms with van der Waals surface area (Å²) in [4.78, 5) is 26.7. The second-order valence-corrected chi connectivity index (χ2v) is 12.0. The molecule has 2 heterocycles. The van der Waals surface area contributed by atoms with Gasteiger partial charge in [0.25, 0.3) is 5.91 Å². The van der Waals surface area contributed by atoms with Crippen LogP contribution in [0.25, 0.3) is 0 Å². The minimum absolute atomic E-state index is 0.0439. The van der Waals surface area contributed by atoms with Gasteiger partial charge in [0.1, 0.15) is 0 Å². The Bertz CT molecular complexity index is 1030. The van der Waals surface area contributed by atoms with Crippen molar-refractivity contribution in [1.29, 1.82) is 0 Å². The number of sulfonamides is 1. The van der Waals surface area contributed by atoms with Crippen molar-refractivity contribution in [2.45, 2.75) is 50.2 Å². The second kappa shape index (κ2) is 9.25. The summed E-state index contributed by atoms with van der Waals surface area (Å²) >= 11 is 0. The maximum Gasteiger partial charge on any atom is 0.338 e. The van der Waals surface area contributed by atoms with Gasteiger partial charge < -0.3 is 9.64 Å². The minimum Gasteiger partial charge on any atom is -0.449 e. The summed E-state index contributed by atoms with van der Waals surface area (Å²) in [5.41, 5.74) is 0.131. The van der Waals surface area contributed by atoms with Crippen LogP contribution < -0.4 is 0 Å². The van der Waals surface area contributed by atoms with Crippen molar-refractivity contribution in [3.05, 3.63) is 29.8 Å². The van der Waals surface area contributed by atoms with Gasteiger partial charge >= 0.3 is 5.97 Å². The molecule has 2 saturated heterocycles. The standard InChI is InChI=1S/C20H28N2O7S2/c1-3-22(17-10-13-30(25,26)14-17)19(23)15(2)29-20(24)16-6-8-18(9-7-16)31(27,28)21-11-4-5-12-21/h6-9,15,17H,3-5,10-14H2,1-2H3/t15-,17-/m1/s1. The van der Waals surface area contributed by atoms with Crippen molar-refractivity contribution in [2.24, 2.45) is 0 Å². The van der Waals surface area contributed by atoms with Gasteiger partial charge in [-0.05, 0) is 57.4 Å². The summed E-state index contributed by atoms with van der Waals surface area (Å²) in [6.45, 7) is 4.48. The van der Waals surface area contributed by atoms with Crippen molar-refractivity contribution in [3.8, 4) is 0 Å². The number of carbonyl (C=O) groups is 2. The van der Waals surface area contributed by atoms with E-state index in [9.17, 15) is 26.4 Å². The predicted molar refractivity (Wildman–Crippen MR) is 114 cm³/mol. The van der Waals surface area contributed by atoms with Crippen LogP contribution in [-0.4, -0.2) is 81.2 Å². The molecule has 1 aromatic rings. The van der Waals surface area contributed by atoms with Crippen LogP contribution >= 0.6 is 0 Å². The molecule has 9 nitrogen and oxygen atoms in total. The molecule has 0 spiro atoms. The SMILES string of the molecule is CCN(C(=O)[C@@H](C)OC(=O)c1ccc(S(=O)(=O)N2CCCC2)cc1)[C@@H]1CCS(=O)(=O)C1. The Balaban J connectivity index is 1.64. The minimum atomic E-state index is -3.58. The average Bonchev–Trinajstić information content (AvgIpc) is 3.39. The lowest BCUT2D eigenvalue weighted by Crippen LogP contribution is -2.46. The number of rotatable bonds is 7. The number of sulfone groups is 1. The van der Waals surface area contributed by atoms with E-state index in [1.165, 1.54) is 40.4 Å². The summed E-state index contributed by atoms with van der Waals surface area (Å²) in [5, 5.41) is 0. The molecule has 172 valence electrons. The van der Waals surface area contributed by atoms with E-state index in [2.05, 4.69) is 0 Å². The predicted octanol–water partition coefficient (Wildman–Crippen LogP) is 1.05. The third-order valence-electron chi connectivity index (χ3n) is 5.70. The van der Waals surface area contributed by atoms with Crippen LogP contribution in [-0.2, 0) is 29.4 Å². The van der Waals surface area contributed by atoms with E-state index in [1.807, 2.05) is 0 Å². The van der Waals surface area contributed by atoms with Gasteiger partial charge in [0.15, 0.2) is 15.9 Å².